The van der Waals surface area contributed by atoms with Crippen LogP contribution >= 0.6 is 0 Å². The standard InChI is InChI=1S/C17H13N3O/c1-11-5-4-8-16(13(11)9-18)20-17(21)14-10-19-15-7-3-2-6-12(14)15/h2-8,10,19H,1H3,(H,20,21). The van der Waals surface area contributed by atoms with Crippen molar-refractivity contribution in [3.05, 3.63) is 65.4 Å². The molecule has 0 bridgehead atoms. The van der Waals surface area contributed by atoms with Crippen molar-refractivity contribution in [1.82, 2.24) is 4.98 Å². The number of aromatic amines is 1. The number of carbonyl (C=O) groups excluding carboxylic acids is 1. The Morgan fingerprint density at radius 2 is 2.00 bits per heavy atom. The molecule has 3 aromatic rings. The summed E-state index contributed by atoms with van der Waals surface area (Å²) in [5.74, 6) is -0.227. The zero-order chi connectivity index (χ0) is 14.8. The van der Waals surface area contributed by atoms with Gasteiger partial charge in [-0.1, -0.05) is 30.3 Å². The van der Waals surface area contributed by atoms with Crippen molar-refractivity contribution in [3.63, 3.8) is 0 Å². The number of carbonyl (C=O) groups is 1. The van der Waals surface area contributed by atoms with Gasteiger partial charge in [-0.05, 0) is 24.6 Å². The van der Waals surface area contributed by atoms with Crippen LogP contribution in [0, 0.1) is 18.3 Å². The van der Waals surface area contributed by atoms with Crippen molar-refractivity contribution >= 4 is 22.5 Å². The molecule has 1 amide bonds. The van der Waals surface area contributed by atoms with E-state index in [2.05, 4.69) is 16.4 Å². The van der Waals surface area contributed by atoms with Gasteiger partial charge in [0.05, 0.1) is 16.8 Å². The minimum Gasteiger partial charge on any atom is -0.360 e. The molecule has 0 aliphatic rings. The molecule has 0 spiro atoms. The normalized spacial score (nSPS) is 10.3. The van der Waals surface area contributed by atoms with Crippen LogP contribution in [0.1, 0.15) is 21.5 Å². The molecule has 1 heterocycles. The largest absolute Gasteiger partial charge is 0.360 e. The van der Waals surface area contributed by atoms with Crippen LogP contribution in [0.4, 0.5) is 5.69 Å². The Balaban J connectivity index is 1.98. The highest BCUT2D eigenvalue weighted by molar-refractivity contribution is 6.13. The Kier molecular flexibility index (Phi) is 3.17. The number of nitrogens with one attached hydrogen (secondary N) is 2. The first-order valence-electron chi connectivity index (χ1n) is 6.58. The van der Waals surface area contributed by atoms with Gasteiger partial charge in [-0.3, -0.25) is 4.79 Å². The van der Waals surface area contributed by atoms with E-state index in [9.17, 15) is 10.1 Å². The van der Waals surface area contributed by atoms with E-state index in [1.165, 1.54) is 0 Å². The maximum Gasteiger partial charge on any atom is 0.257 e. The molecule has 21 heavy (non-hydrogen) atoms. The molecule has 0 radical (unpaired) electrons. The molecular formula is C17H13N3O. The van der Waals surface area contributed by atoms with E-state index in [4.69, 9.17) is 0 Å². The second kappa shape index (κ2) is 5.14. The molecule has 2 aromatic carbocycles. The van der Waals surface area contributed by atoms with Crippen molar-refractivity contribution in [2.45, 2.75) is 6.92 Å². The minimum atomic E-state index is -0.227. The van der Waals surface area contributed by atoms with Crippen molar-refractivity contribution in [2.24, 2.45) is 0 Å². The number of benzene rings is 2. The van der Waals surface area contributed by atoms with Gasteiger partial charge in [0.25, 0.3) is 5.91 Å². The molecule has 0 atom stereocenters. The second-order valence-corrected chi connectivity index (χ2v) is 4.81. The maximum atomic E-state index is 12.4. The fourth-order valence-electron chi connectivity index (χ4n) is 2.37. The Bertz CT molecular complexity index is 871. The summed E-state index contributed by atoms with van der Waals surface area (Å²) in [5, 5.41) is 12.9. The number of fused-ring (bicyclic) bond motifs is 1. The summed E-state index contributed by atoms with van der Waals surface area (Å²) in [6, 6.07) is 15.1. The van der Waals surface area contributed by atoms with E-state index in [0.717, 1.165) is 16.5 Å². The van der Waals surface area contributed by atoms with Crippen molar-refractivity contribution < 1.29 is 4.79 Å². The van der Waals surface area contributed by atoms with Gasteiger partial charge in [0.2, 0.25) is 0 Å². The first-order chi connectivity index (χ1) is 10.2. The van der Waals surface area contributed by atoms with Gasteiger partial charge in [-0.2, -0.15) is 5.26 Å². The van der Waals surface area contributed by atoms with Crippen LogP contribution < -0.4 is 5.32 Å². The lowest BCUT2D eigenvalue weighted by Gasteiger charge is -2.08. The number of para-hydroxylation sites is 1. The van der Waals surface area contributed by atoms with E-state index in [1.54, 1.807) is 12.3 Å². The Hall–Kier alpha value is -3.06. The van der Waals surface area contributed by atoms with Gasteiger partial charge in [0.1, 0.15) is 6.07 Å². The summed E-state index contributed by atoms with van der Waals surface area (Å²) < 4.78 is 0. The average Bonchev–Trinajstić information content (AvgIpc) is 2.91. The fourth-order valence-corrected chi connectivity index (χ4v) is 2.37. The summed E-state index contributed by atoms with van der Waals surface area (Å²) >= 11 is 0. The first-order valence-corrected chi connectivity index (χ1v) is 6.58. The van der Waals surface area contributed by atoms with Crippen LogP contribution in [-0.4, -0.2) is 10.9 Å². The highest BCUT2D eigenvalue weighted by Gasteiger charge is 2.14. The van der Waals surface area contributed by atoms with Crippen LogP contribution in [0.3, 0.4) is 0 Å². The number of hydrogen-bond acceptors (Lipinski definition) is 2. The third-order valence-corrected chi connectivity index (χ3v) is 3.47. The first kappa shape index (κ1) is 12.9. The number of nitrogens with zero attached hydrogens (tertiary/aromatic N) is 1. The molecule has 4 nitrogen and oxygen atoms in total. The predicted octanol–water partition coefficient (Wildman–Crippen LogP) is 3.60. The molecule has 0 unspecified atom stereocenters. The molecular weight excluding hydrogens is 262 g/mol. The molecule has 2 N–H and O–H groups in total. The monoisotopic (exact) mass is 275 g/mol. The molecule has 0 saturated carbocycles. The smallest absolute Gasteiger partial charge is 0.257 e. The van der Waals surface area contributed by atoms with Gasteiger partial charge in [0, 0.05) is 17.1 Å². The molecule has 0 aliphatic heterocycles. The average molecular weight is 275 g/mol. The number of rotatable bonds is 2. The Morgan fingerprint density at radius 3 is 2.81 bits per heavy atom. The SMILES string of the molecule is Cc1cccc(NC(=O)c2c[nH]c3ccccc23)c1C#N. The lowest BCUT2D eigenvalue weighted by molar-refractivity contribution is 0.102. The van der Waals surface area contributed by atoms with E-state index in [1.807, 2.05) is 43.3 Å². The quantitative estimate of drug-likeness (QED) is 0.750. The van der Waals surface area contributed by atoms with E-state index >= 15 is 0 Å². The number of amides is 1. The number of anilines is 1. The topological polar surface area (TPSA) is 68.7 Å². The summed E-state index contributed by atoms with van der Waals surface area (Å²) in [6.45, 7) is 1.85. The van der Waals surface area contributed by atoms with Crippen molar-refractivity contribution in [3.8, 4) is 6.07 Å². The number of hydrogen-bond donors (Lipinski definition) is 2. The molecule has 0 aliphatic carbocycles. The summed E-state index contributed by atoms with van der Waals surface area (Å²) in [5.41, 5.74) is 3.34. The van der Waals surface area contributed by atoms with Crippen LogP contribution in [0.5, 0.6) is 0 Å². The summed E-state index contributed by atoms with van der Waals surface area (Å²) in [6.07, 6.45) is 1.68. The number of aryl methyl sites for hydroxylation is 1. The van der Waals surface area contributed by atoms with Crippen molar-refractivity contribution in [2.75, 3.05) is 5.32 Å². The Labute approximate surface area is 122 Å². The summed E-state index contributed by atoms with van der Waals surface area (Å²) in [4.78, 5) is 15.5. The maximum absolute atomic E-state index is 12.4. The lowest BCUT2D eigenvalue weighted by atomic mass is 10.1. The third-order valence-electron chi connectivity index (χ3n) is 3.47. The molecule has 1 aromatic heterocycles. The van der Waals surface area contributed by atoms with Crippen LogP contribution in [0.25, 0.3) is 10.9 Å². The van der Waals surface area contributed by atoms with Crippen LogP contribution in [0.15, 0.2) is 48.7 Å². The highest BCUT2D eigenvalue weighted by atomic mass is 16.1. The lowest BCUT2D eigenvalue weighted by Crippen LogP contribution is -2.12. The van der Waals surface area contributed by atoms with E-state index in [-0.39, 0.29) is 5.91 Å². The molecule has 0 fully saturated rings. The zero-order valence-electron chi connectivity index (χ0n) is 11.5. The number of aromatic nitrogens is 1. The van der Waals surface area contributed by atoms with E-state index < -0.39 is 0 Å². The zero-order valence-corrected chi connectivity index (χ0v) is 11.5. The van der Waals surface area contributed by atoms with Gasteiger partial charge in [0.15, 0.2) is 0 Å². The van der Waals surface area contributed by atoms with Gasteiger partial charge < -0.3 is 10.3 Å². The van der Waals surface area contributed by atoms with Gasteiger partial charge >= 0.3 is 0 Å². The van der Waals surface area contributed by atoms with Gasteiger partial charge in [-0.15, -0.1) is 0 Å². The van der Waals surface area contributed by atoms with Gasteiger partial charge in [-0.25, -0.2) is 0 Å². The fraction of sp³-hybridized carbons (Fsp3) is 0.0588. The minimum absolute atomic E-state index is 0.227. The highest BCUT2D eigenvalue weighted by Crippen LogP contribution is 2.22. The van der Waals surface area contributed by atoms with Crippen molar-refractivity contribution in [1.29, 1.82) is 5.26 Å². The molecule has 0 saturated heterocycles. The molecule has 102 valence electrons. The summed E-state index contributed by atoms with van der Waals surface area (Å²) in [7, 11) is 0. The second-order valence-electron chi connectivity index (χ2n) is 4.81. The Morgan fingerprint density at radius 1 is 1.19 bits per heavy atom. The molecule has 4 heteroatoms. The third kappa shape index (κ3) is 2.26. The number of nitriles is 1. The molecule has 3 rings (SSSR count). The predicted molar refractivity (Wildman–Crippen MR) is 82.1 cm³/mol. The van der Waals surface area contributed by atoms with Crippen LogP contribution in [0.2, 0.25) is 0 Å². The number of H-pyrrole nitrogens is 1. The van der Waals surface area contributed by atoms with Crippen LogP contribution in [-0.2, 0) is 0 Å². The van der Waals surface area contributed by atoms with E-state index in [0.29, 0.717) is 16.8 Å².